The minimum atomic E-state index is -0.0861. The molecule has 0 aromatic carbocycles. The third-order valence-electron chi connectivity index (χ3n) is 3.35. The number of nitrogens with zero attached hydrogens (tertiary/aromatic N) is 3. The van der Waals surface area contributed by atoms with Crippen molar-refractivity contribution in [3.05, 3.63) is 33.9 Å². The zero-order chi connectivity index (χ0) is 12.0. The van der Waals surface area contributed by atoms with Crippen LogP contribution >= 0.6 is 0 Å². The fourth-order valence-electron chi connectivity index (χ4n) is 2.28. The molecule has 5 heteroatoms. The third-order valence-corrected chi connectivity index (χ3v) is 3.35. The van der Waals surface area contributed by atoms with E-state index in [9.17, 15) is 4.79 Å². The maximum absolute atomic E-state index is 11.9. The van der Waals surface area contributed by atoms with Crippen molar-refractivity contribution in [1.82, 2.24) is 14.2 Å². The van der Waals surface area contributed by atoms with Gasteiger partial charge < -0.3 is 10.3 Å². The van der Waals surface area contributed by atoms with E-state index in [0.717, 1.165) is 23.6 Å². The largest absolute Gasteiger partial charge is 0.329 e. The predicted molar refractivity (Wildman–Crippen MR) is 65.0 cm³/mol. The van der Waals surface area contributed by atoms with Gasteiger partial charge in [-0.05, 0) is 19.8 Å². The number of rotatable bonds is 3. The highest BCUT2D eigenvalue weighted by atomic mass is 16.1. The minimum Gasteiger partial charge on any atom is -0.329 e. The summed E-state index contributed by atoms with van der Waals surface area (Å²) in [4.78, 5) is 11.9. The van der Waals surface area contributed by atoms with Gasteiger partial charge in [0.15, 0.2) is 0 Å². The van der Waals surface area contributed by atoms with Gasteiger partial charge in [-0.1, -0.05) is 0 Å². The molecule has 0 radical (unpaired) electrons. The molecule has 2 aromatic rings. The molecule has 0 saturated heterocycles. The van der Waals surface area contributed by atoms with Crippen LogP contribution in [0.3, 0.4) is 0 Å². The summed E-state index contributed by atoms with van der Waals surface area (Å²) >= 11 is 0. The van der Waals surface area contributed by atoms with Crippen molar-refractivity contribution in [1.29, 1.82) is 0 Å². The first-order valence-electron chi connectivity index (χ1n) is 6.07. The van der Waals surface area contributed by atoms with Crippen molar-refractivity contribution in [3.8, 4) is 0 Å². The fourth-order valence-corrected chi connectivity index (χ4v) is 2.28. The first-order valence-corrected chi connectivity index (χ1v) is 6.07. The summed E-state index contributed by atoms with van der Waals surface area (Å²) in [7, 11) is 0. The molecule has 0 unspecified atom stereocenters. The number of hydrogen-bond donors (Lipinski definition) is 1. The SMILES string of the molecule is CCn1c(CN)cc(=O)n2nc(C3CC3)cc12. The summed E-state index contributed by atoms with van der Waals surface area (Å²) in [5.41, 5.74) is 8.36. The van der Waals surface area contributed by atoms with Crippen LogP contribution in [0.2, 0.25) is 0 Å². The maximum Gasteiger partial charge on any atom is 0.274 e. The number of aryl methyl sites for hydroxylation is 1. The Labute approximate surface area is 98.9 Å². The monoisotopic (exact) mass is 232 g/mol. The molecule has 0 bridgehead atoms. The van der Waals surface area contributed by atoms with Crippen LogP contribution < -0.4 is 11.3 Å². The molecular formula is C12H16N4O. The van der Waals surface area contributed by atoms with Crippen LogP contribution in [-0.4, -0.2) is 14.2 Å². The fraction of sp³-hybridized carbons (Fsp3) is 0.500. The van der Waals surface area contributed by atoms with Gasteiger partial charge in [-0.2, -0.15) is 9.61 Å². The van der Waals surface area contributed by atoms with E-state index < -0.39 is 0 Å². The van der Waals surface area contributed by atoms with Crippen LogP contribution in [0.4, 0.5) is 0 Å². The molecule has 5 nitrogen and oxygen atoms in total. The second-order valence-corrected chi connectivity index (χ2v) is 4.54. The first-order chi connectivity index (χ1) is 8.24. The molecule has 0 spiro atoms. The van der Waals surface area contributed by atoms with Crippen LogP contribution in [0.15, 0.2) is 16.9 Å². The van der Waals surface area contributed by atoms with Gasteiger partial charge in [0, 0.05) is 36.8 Å². The van der Waals surface area contributed by atoms with Gasteiger partial charge in [0.25, 0.3) is 5.56 Å². The van der Waals surface area contributed by atoms with E-state index in [4.69, 9.17) is 5.73 Å². The highest BCUT2D eigenvalue weighted by Crippen LogP contribution is 2.39. The van der Waals surface area contributed by atoms with Gasteiger partial charge in [-0.3, -0.25) is 4.79 Å². The number of fused-ring (bicyclic) bond motifs is 1. The van der Waals surface area contributed by atoms with E-state index in [2.05, 4.69) is 9.67 Å². The molecule has 2 N–H and O–H groups in total. The quantitative estimate of drug-likeness (QED) is 0.853. The third kappa shape index (κ3) is 1.58. The molecule has 1 aliphatic carbocycles. The van der Waals surface area contributed by atoms with Gasteiger partial charge in [-0.15, -0.1) is 0 Å². The lowest BCUT2D eigenvalue weighted by Gasteiger charge is -2.10. The Bertz CT molecular complexity index is 621. The molecule has 2 heterocycles. The highest BCUT2D eigenvalue weighted by Gasteiger charge is 2.27. The van der Waals surface area contributed by atoms with Crippen LogP contribution in [0.1, 0.15) is 37.1 Å². The molecule has 2 aromatic heterocycles. The summed E-state index contributed by atoms with van der Waals surface area (Å²) in [6.07, 6.45) is 2.38. The highest BCUT2D eigenvalue weighted by molar-refractivity contribution is 5.43. The van der Waals surface area contributed by atoms with Crippen molar-refractivity contribution < 1.29 is 0 Å². The van der Waals surface area contributed by atoms with E-state index in [-0.39, 0.29) is 5.56 Å². The predicted octanol–water partition coefficient (Wildman–Crippen LogP) is 0.852. The van der Waals surface area contributed by atoms with Crippen molar-refractivity contribution in [2.45, 2.75) is 38.8 Å². The molecule has 1 saturated carbocycles. The number of aromatic nitrogens is 3. The second-order valence-electron chi connectivity index (χ2n) is 4.54. The molecule has 3 rings (SSSR count). The summed E-state index contributed by atoms with van der Waals surface area (Å²) < 4.78 is 3.55. The smallest absolute Gasteiger partial charge is 0.274 e. The average molecular weight is 232 g/mol. The number of nitrogens with two attached hydrogens (primary N) is 1. The van der Waals surface area contributed by atoms with E-state index >= 15 is 0 Å². The summed E-state index contributed by atoms with van der Waals surface area (Å²) in [6.45, 7) is 3.23. The Morgan fingerprint density at radius 1 is 1.47 bits per heavy atom. The maximum atomic E-state index is 11.9. The Morgan fingerprint density at radius 3 is 2.82 bits per heavy atom. The van der Waals surface area contributed by atoms with Crippen molar-refractivity contribution in [2.75, 3.05) is 0 Å². The molecule has 17 heavy (non-hydrogen) atoms. The lowest BCUT2D eigenvalue weighted by Crippen LogP contribution is -2.22. The van der Waals surface area contributed by atoms with Crippen LogP contribution in [-0.2, 0) is 13.1 Å². The Balaban J connectivity index is 2.31. The van der Waals surface area contributed by atoms with Gasteiger partial charge in [-0.25, -0.2) is 0 Å². The Kier molecular flexibility index (Phi) is 2.29. The molecule has 1 fully saturated rings. The normalized spacial score (nSPS) is 15.6. The minimum absolute atomic E-state index is 0.0861. The van der Waals surface area contributed by atoms with Gasteiger partial charge in [0.05, 0.1) is 5.69 Å². The van der Waals surface area contributed by atoms with Crippen LogP contribution in [0.25, 0.3) is 5.65 Å². The molecule has 0 aliphatic heterocycles. The standard InChI is InChI=1S/C12H16N4O/c1-2-15-9(7-13)5-12(17)16-11(15)6-10(14-16)8-3-4-8/h5-6,8H,2-4,7,13H2,1H3. The van der Waals surface area contributed by atoms with E-state index in [0.29, 0.717) is 12.5 Å². The first kappa shape index (κ1) is 10.5. The average Bonchev–Trinajstić information content (AvgIpc) is 3.08. The van der Waals surface area contributed by atoms with E-state index in [1.807, 2.05) is 13.0 Å². The lowest BCUT2D eigenvalue weighted by molar-refractivity contribution is 0.688. The number of hydrogen-bond acceptors (Lipinski definition) is 3. The summed E-state index contributed by atoms with van der Waals surface area (Å²) in [5.74, 6) is 0.556. The van der Waals surface area contributed by atoms with Gasteiger partial charge in [0.1, 0.15) is 5.65 Å². The zero-order valence-electron chi connectivity index (χ0n) is 9.89. The van der Waals surface area contributed by atoms with E-state index in [1.165, 1.54) is 17.4 Å². The Morgan fingerprint density at radius 2 is 2.24 bits per heavy atom. The van der Waals surface area contributed by atoms with Crippen LogP contribution in [0, 0.1) is 0 Å². The topological polar surface area (TPSA) is 65.3 Å². The zero-order valence-corrected chi connectivity index (χ0v) is 9.89. The van der Waals surface area contributed by atoms with Gasteiger partial charge in [0.2, 0.25) is 0 Å². The van der Waals surface area contributed by atoms with Crippen molar-refractivity contribution in [2.24, 2.45) is 5.73 Å². The van der Waals surface area contributed by atoms with Crippen molar-refractivity contribution in [3.63, 3.8) is 0 Å². The lowest BCUT2D eigenvalue weighted by atomic mass is 10.3. The van der Waals surface area contributed by atoms with E-state index in [1.54, 1.807) is 6.07 Å². The summed E-state index contributed by atoms with van der Waals surface area (Å²) in [6, 6.07) is 3.61. The van der Waals surface area contributed by atoms with Crippen LogP contribution in [0.5, 0.6) is 0 Å². The van der Waals surface area contributed by atoms with Crippen molar-refractivity contribution >= 4 is 5.65 Å². The molecule has 0 amide bonds. The molecule has 0 atom stereocenters. The summed E-state index contributed by atoms with van der Waals surface area (Å²) in [5, 5.41) is 4.40. The molecule has 90 valence electrons. The molecule has 1 aliphatic rings. The Hall–Kier alpha value is -1.62. The van der Waals surface area contributed by atoms with Gasteiger partial charge >= 0.3 is 0 Å². The second kappa shape index (κ2) is 3.70. The molecular weight excluding hydrogens is 216 g/mol.